The van der Waals surface area contributed by atoms with Gasteiger partial charge in [-0.3, -0.25) is 4.79 Å². The summed E-state index contributed by atoms with van der Waals surface area (Å²) in [6, 6.07) is 1.96. The highest BCUT2D eigenvalue weighted by atomic mass is 16.3. The minimum atomic E-state index is -0.0606. The van der Waals surface area contributed by atoms with Crippen molar-refractivity contribution in [3.05, 3.63) is 12.4 Å². The van der Waals surface area contributed by atoms with E-state index in [-0.39, 0.29) is 17.9 Å². The molecule has 0 bridgehead atoms. The lowest BCUT2D eigenvalue weighted by atomic mass is 9.77. The van der Waals surface area contributed by atoms with E-state index in [1.807, 2.05) is 18.0 Å². The maximum Gasteiger partial charge on any atom is 0.241 e. The maximum atomic E-state index is 11.9. The monoisotopic (exact) mass is 333 g/mol. The summed E-state index contributed by atoms with van der Waals surface area (Å²) in [6.45, 7) is 8.08. The van der Waals surface area contributed by atoms with Crippen molar-refractivity contribution in [2.24, 2.45) is 11.3 Å². The van der Waals surface area contributed by atoms with Crippen molar-refractivity contribution in [1.82, 2.24) is 14.9 Å². The fraction of sp³-hybridized carbons (Fsp3) is 0.706. The number of hydrogen-bond donors (Lipinski definition) is 1. The van der Waals surface area contributed by atoms with Crippen molar-refractivity contribution >= 4 is 17.5 Å². The lowest BCUT2D eigenvalue weighted by molar-refractivity contribution is -0.129. The summed E-state index contributed by atoms with van der Waals surface area (Å²) in [7, 11) is 1.83. The number of amides is 1. The van der Waals surface area contributed by atoms with E-state index >= 15 is 0 Å². The minimum absolute atomic E-state index is 0.0606. The fourth-order valence-corrected chi connectivity index (χ4v) is 3.51. The predicted molar refractivity (Wildman–Crippen MR) is 93.1 cm³/mol. The first kappa shape index (κ1) is 17.0. The largest absolute Gasteiger partial charge is 0.396 e. The molecule has 7 nitrogen and oxygen atoms in total. The van der Waals surface area contributed by atoms with Gasteiger partial charge in [-0.25, -0.2) is 9.97 Å². The molecule has 2 saturated heterocycles. The van der Waals surface area contributed by atoms with E-state index in [9.17, 15) is 9.90 Å². The standard InChI is InChI=1S/C17H27N5O2/c1-13(2)17(11-23)4-5-22(10-17)15-8-14(18-12-19-15)21-7-6-20(3)16(24)9-21/h8,12-13,23H,4-7,9-11H2,1-3H3. The second-order valence-corrected chi connectivity index (χ2v) is 7.32. The first-order valence-corrected chi connectivity index (χ1v) is 8.62. The van der Waals surface area contributed by atoms with Gasteiger partial charge in [0.05, 0.1) is 13.2 Å². The van der Waals surface area contributed by atoms with Gasteiger partial charge in [0.15, 0.2) is 0 Å². The number of carbonyl (C=O) groups is 1. The molecule has 3 rings (SSSR count). The van der Waals surface area contributed by atoms with E-state index in [0.29, 0.717) is 19.0 Å². The predicted octanol–water partition coefficient (Wildman–Crippen LogP) is 0.600. The molecule has 2 aliphatic heterocycles. The Balaban J connectivity index is 1.76. The Morgan fingerprint density at radius 2 is 1.92 bits per heavy atom. The summed E-state index contributed by atoms with van der Waals surface area (Å²) >= 11 is 0. The lowest BCUT2D eigenvalue weighted by Crippen LogP contribution is -2.48. The topological polar surface area (TPSA) is 72.8 Å². The molecule has 1 aromatic heterocycles. The molecule has 24 heavy (non-hydrogen) atoms. The molecule has 0 radical (unpaired) electrons. The second kappa shape index (κ2) is 6.55. The first-order chi connectivity index (χ1) is 11.4. The minimum Gasteiger partial charge on any atom is -0.396 e. The normalized spacial score (nSPS) is 25.0. The molecular formula is C17H27N5O2. The number of aliphatic hydroxyl groups excluding tert-OH is 1. The van der Waals surface area contributed by atoms with Crippen molar-refractivity contribution in [3.63, 3.8) is 0 Å². The number of piperazine rings is 1. The molecule has 2 fully saturated rings. The van der Waals surface area contributed by atoms with Gasteiger partial charge >= 0.3 is 0 Å². The number of likely N-dealkylation sites (N-methyl/N-ethyl adjacent to an activating group) is 1. The van der Waals surface area contributed by atoms with Crippen LogP contribution in [-0.2, 0) is 4.79 Å². The van der Waals surface area contributed by atoms with E-state index in [4.69, 9.17) is 0 Å². The van der Waals surface area contributed by atoms with Crippen molar-refractivity contribution < 1.29 is 9.90 Å². The summed E-state index contributed by atoms with van der Waals surface area (Å²) in [5.41, 5.74) is -0.0606. The van der Waals surface area contributed by atoms with E-state index in [2.05, 4.69) is 28.7 Å². The van der Waals surface area contributed by atoms with Crippen LogP contribution < -0.4 is 9.80 Å². The van der Waals surface area contributed by atoms with Crippen molar-refractivity contribution in [2.45, 2.75) is 20.3 Å². The average Bonchev–Trinajstić information content (AvgIpc) is 3.03. The molecule has 3 heterocycles. The van der Waals surface area contributed by atoms with Gasteiger partial charge < -0.3 is 19.8 Å². The molecule has 1 atom stereocenters. The molecule has 0 aromatic carbocycles. The highest BCUT2D eigenvalue weighted by Gasteiger charge is 2.40. The highest BCUT2D eigenvalue weighted by molar-refractivity contribution is 5.82. The van der Waals surface area contributed by atoms with Gasteiger partial charge in [-0.15, -0.1) is 0 Å². The Labute approximate surface area is 143 Å². The molecule has 7 heteroatoms. The van der Waals surface area contributed by atoms with Crippen LogP contribution in [0.5, 0.6) is 0 Å². The maximum absolute atomic E-state index is 11.9. The number of aromatic nitrogens is 2. The molecular weight excluding hydrogens is 306 g/mol. The zero-order valence-electron chi connectivity index (χ0n) is 14.8. The summed E-state index contributed by atoms with van der Waals surface area (Å²) in [5.74, 6) is 2.21. The summed E-state index contributed by atoms with van der Waals surface area (Å²) in [5, 5.41) is 9.85. The quantitative estimate of drug-likeness (QED) is 0.870. The zero-order valence-corrected chi connectivity index (χ0v) is 14.8. The van der Waals surface area contributed by atoms with E-state index in [0.717, 1.165) is 37.7 Å². The molecule has 1 amide bonds. The molecule has 1 N–H and O–H groups in total. The van der Waals surface area contributed by atoms with Crippen molar-refractivity contribution in [1.29, 1.82) is 0 Å². The van der Waals surface area contributed by atoms with Crippen LogP contribution >= 0.6 is 0 Å². The number of aliphatic hydroxyl groups is 1. The first-order valence-electron chi connectivity index (χ1n) is 8.62. The van der Waals surface area contributed by atoms with Gasteiger partial charge in [-0.2, -0.15) is 0 Å². The smallest absolute Gasteiger partial charge is 0.241 e. The van der Waals surface area contributed by atoms with Crippen LogP contribution in [0.25, 0.3) is 0 Å². The Bertz CT molecular complexity index is 608. The fourth-order valence-electron chi connectivity index (χ4n) is 3.51. The Kier molecular flexibility index (Phi) is 4.62. The number of anilines is 2. The highest BCUT2D eigenvalue weighted by Crippen LogP contribution is 2.39. The third-order valence-corrected chi connectivity index (χ3v) is 5.67. The van der Waals surface area contributed by atoms with Crippen LogP contribution in [-0.4, -0.2) is 72.3 Å². The van der Waals surface area contributed by atoms with Crippen LogP contribution in [0.2, 0.25) is 0 Å². The van der Waals surface area contributed by atoms with E-state index in [1.165, 1.54) is 0 Å². The summed E-state index contributed by atoms with van der Waals surface area (Å²) in [6.07, 6.45) is 2.54. The number of nitrogens with zero attached hydrogens (tertiary/aromatic N) is 5. The van der Waals surface area contributed by atoms with Gasteiger partial charge in [0, 0.05) is 44.7 Å². The zero-order chi connectivity index (χ0) is 17.3. The Morgan fingerprint density at radius 1 is 1.21 bits per heavy atom. The van der Waals surface area contributed by atoms with Crippen LogP contribution in [0, 0.1) is 11.3 Å². The van der Waals surface area contributed by atoms with Gasteiger partial charge in [0.1, 0.15) is 18.0 Å². The molecule has 1 aromatic rings. The van der Waals surface area contributed by atoms with Crippen LogP contribution in [0.15, 0.2) is 12.4 Å². The van der Waals surface area contributed by atoms with Crippen LogP contribution in [0.1, 0.15) is 20.3 Å². The molecule has 0 aliphatic carbocycles. The van der Waals surface area contributed by atoms with Crippen LogP contribution in [0.4, 0.5) is 11.6 Å². The molecule has 0 spiro atoms. The average molecular weight is 333 g/mol. The second-order valence-electron chi connectivity index (χ2n) is 7.32. The molecule has 1 unspecified atom stereocenters. The Morgan fingerprint density at radius 3 is 2.50 bits per heavy atom. The van der Waals surface area contributed by atoms with Crippen LogP contribution in [0.3, 0.4) is 0 Å². The summed E-state index contributed by atoms with van der Waals surface area (Å²) in [4.78, 5) is 26.7. The Hall–Kier alpha value is -1.89. The van der Waals surface area contributed by atoms with E-state index in [1.54, 1.807) is 11.2 Å². The third-order valence-electron chi connectivity index (χ3n) is 5.67. The lowest BCUT2D eigenvalue weighted by Gasteiger charge is -2.33. The SMILES string of the molecule is CC(C)C1(CO)CCN(c2cc(N3CCN(C)C(=O)C3)ncn2)C1. The van der Waals surface area contributed by atoms with Crippen molar-refractivity contribution in [2.75, 3.05) is 56.2 Å². The van der Waals surface area contributed by atoms with Gasteiger partial charge in [0.2, 0.25) is 5.91 Å². The summed E-state index contributed by atoms with van der Waals surface area (Å²) < 4.78 is 0. The van der Waals surface area contributed by atoms with Gasteiger partial charge in [-0.05, 0) is 12.3 Å². The number of hydrogen-bond acceptors (Lipinski definition) is 6. The van der Waals surface area contributed by atoms with E-state index < -0.39 is 0 Å². The molecule has 132 valence electrons. The number of rotatable bonds is 4. The third kappa shape index (κ3) is 3.05. The number of carbonyl (C=O) groups excluding carboxylic acids is 1. The molecule has 2 aliphatic rings. The van der Waals surface area contributed by atoms with Gasteiger partial charge in [-0.1, -0.05) is 13.8 Å². The van der Waals surface area contributed by atoms with Crippen molar-refractivity contribution in [3.8, 4) is 0 Å². The molecule has 0 saturated carbocycles. The van der Waals surface area contributed by atoms with Gasteiger partial charge in [0.25, 0.3) is 0 Å².